The molecule has 3 aliphatic rings. The molecule has 1 atom stereocenters. The Labute approximate surface area is 178 Å². The minimum absolute atomic E-state index is 0.00900. The fourth-order valence-electron chi connectivity index (χ4n) is 5.41. The first kappa shape index (κ1) is 19.8. The van der Waals surface area contributed by atoms with Crippen LogP contribution in [0.1, 0.15) is 103 Å². The van der Waals surface area contributed by atoms with Crippen molar-refractivity contribution in [2.75, 3.05) is 0 Å². The molecule has 30 heavy (non-hydrogen) atoms. The van der Waals surface area contributed by atoms with Crippen LogP contribution in [0.2, 0.25) is 0 Å². The maximum absolute atomic E-state index is 13.8. The minimum Gasteiger partial charge on any atom is -0.348 e. The van der Waals surface area contributed by atoms with E-state index in [-0.39, 0.29) is 11.7 Å². The molecule has 0 radical (unpaired) electrons. The molecule has 0 saturated heterocycles. The van der Waals surface area contributed by atoms with Crippen molar-refractivity contribution in [1.29, 1.82) is 0 Å². The highest BCUT2D eigenvalue weighted by molar-refractivity contribution is 5.94. The maximum Gasteiger partial charge on any atom is 0.272 e. The number of rotatable bonds is 5. The number of hydrogen-bond acceptors (Lipinski definition) is 2. The summed E-state index contributed by atoms with van der Waals surface area (Å²) in [5.41, 5.74) is 4.13. The Balaban J connectivity index is 1.54. The van der Waals surface area contributed by atoms with Gasteiger partial charge in [-0.05, 0) is 69.1 Å². The number of carbonyl (C=O) groups excluding carboxylic acids is 1. The lowest BCUT2D eigenvalue weighted by Gasteiger charge is -2.27. The summed E-state index contributed by atoms with van der Waals surface area (Å²) in [6.07, 6.45) is 13.3. The molecule has 0 bridgehead atoms. The topological polar surface area (TPSA) is 46.9 Å². The molecule has 5 heteroatoms. The Morgan fingerprint density at radius 2 is 1.87 bits per heavy atom. The van der Waals surface area contributed by atoms with Gasteiger partial charge in [0, 0.05) is 23.2 Å². The number of nitrogens with zero attached hydrogens (tertiary/aromatic N) is 2. The molecule has 2 saturated carbocycles. The smallest absolute Gasteiger partial charge is 0.272 e. The number of aromatic nitrogens is 2. The molecule has 1 unspecified atom stereocenters. The Morgan fingerprint density at radius 3 is 2.63 bits per heavy atom. The summed E-state index contributed by atoms with van der Waals surface area (Å²) in [7, 11) is 0. The number of amides is 1. The number of hydrogen-bond donors (Lipinski definition) is 1. The lowest BCUT2D eigenvalue weighted by atomic mass is 9.89. The molecular weight excluding hydrogens is 377 g/mol. The van der Waals surface area contributed by atoms with Crippen LogP contribution >= 0.6 is 0 Å². The minimum atomic E-state index is -0.174. The molecule has 2 aromatic rings. The highest BCUT2D eigenvalue weighted by Gasteiger charge is 2.34. The predicted molar refractivity (Wildman–Crippen MR) is 115 cm³/mol. The van der Waals surface area contributed by atoms with E-state index in [4.69, 9.17) is 5.10 Å². The van der Waals surface area contributed by atoms with Crippen LogP contribution in [-0.4, -0.2) is 21.7 Å². The van der Waals surface area contributed by atoms with E-state index in [1.807, 2.05) is 6.07 Å². The molecule has 0 aliphatic heterocycles. The van der Waals surface area contributed by atoms with Gasteiger partial charge < -0.3 is 5.32 Å². The molecule has 4 nitrogen and oxygen atoms in total. The highest BCUT2D eigenvalue weighted by atomic mass is 19.1. The van der Waals surface area contributed by atoms with Crippen LogP contribution in [0.5, 0.6) is 0 Å². The zero-order chi connectivity index (χ0) is 20.5. The molecule has 1 amide bonds. The molecule has 1 N–H and O–H groups in total. The molecule has 3 aliphatic carbocycles. The number of halogens is 1. The number of fused-ring (bicyclic) bond motifs is 1. The van der Waals surface area contributed by atoms with Crippen molar-refractivity contribution >= 4 is 5.91 Å². The monoisotopic (exact) mass is 409 g/mol. The fourth-order valence-corrected chi connectivity index (χ4v) is 5.41. The Morgan fingerprint density at radius 1 is 1.07 bits per heavy atom. The first-order valence-corrected chi connectivity index (χ1v) is 11.9. The summed E-state index contributed by atoms with van der Waals surface area (Å²) >= 11 is 0. The van der Waals surface area contributed by atoms with Gasteiger partial charge in [-0.2, -0.15) is 5.10 Å². The Kier molecular flexibility index (Phi) is 5.62. The van der Waals surface area contributed by atoms with Gasteiger partial charge in [0.05, 0.1) is 6.04 Å². The summed E-state index contributed by atoms with van der Waals surface area (Å²) in [5.74, 6) is 0.127. The molecule has 1 heterocycles. The zero-order valence-corrected chi connectivity index (χ0v) is 17.7. The van der Waals surface area contributed by atoms with Crippen molar-refractivity contribution in [3.05, 3.63) is 52.6 Å². The maximum atomic E-state index is 13.8. The average Bonchev–Trinajstić information content (AvgIpc) is 3.52. The molecule has 2 fully saturated rings. The van der Waals surface area contributed by atoms with E-state index in [9.17, 15) is 9.18 Å². The standard InChI is InChI=1S/C25H32FN3O/c26-19-9-6-7-17(16-19)15-18-8-4-5-12-22-23(25(30)27-20-13-14-20)28-29(24(18)22)21-10-2-1-3-11-21/h6-7,9,16,18,20-21H,1-5,8,10-15H2,(H,27,30). The van der Waals surface area contributed by atoms with Gasteiger partial charge in [0.25, 0.3) is 5.91 Å². The van der Waals surface area contributed by atoms with E-state index >= 15 is 0 Å². The number of carbonyl (C=O) groups is 1. The van der Waals surface area contributed by atoms with Crippen molar-refractivity contribution in [3.63, 3.8) is 0 Å². The number of benzene rings is 1. The van der Waals surface area contributed by atoms with Crippen LogP contribution in [0.4, 0.5) is 4.39 Å². The second-order valence-electron chi connectivity index (χ2n) is 9.47. The molecule has 5 rings (SSSR count). The fraction of sp³-hybridized carbons (Fsp3) is 0.600. The molecule has 1 aromatic carbocycles. The van der Waals surface area contributed by atoms with Gasteiger partial charge >= 0.3 is 0 Å². The Bertz CT molecular complexity index is 911. The summed E-state index contributed by atoms with van der Waals surface area (Å²) in [5, 5.41) is 8.14. The van der Waals surface area contributed by atoms with Crippen LogP contribution in [0.15, 0.2) is 24.3 Å². The second kappa shape index (κ2) is 8.52. The third-order valence-corrected chi connectivity index (χ3v) is 7.08. The molecular formula is C25H32FN3O. The normalized spacial score (nSPS) is 22.4. The van der Waals surface area contributed by atoms with Gasteiger partial charge in [0.2, 0.25) is 0 Å². The third kappa shape index (κ3) is 4.17. The molecule has 160 valence electrons. The molecule has 1 aromatic heterocycles. The lowest BCUT2D eigenvalue weighted by Crippen LogP contribution is -2.27. The van der Waals surface area contributed by atoms with E-state index < -0.39 is 0 Å². The van der Waals surface area contributed by atoms with Gasteiger partial charge in [-0.1, -0.05) is 37.8 Å². The third-order valence-electron chi connectivity index (χ3n) is 7.08. The summed E-state index contributed by atoms with van der Waals surface area (Å²) in [6.45, 7) is 0. The zero-order valence-electron chi connectivity index (χ0n) is 17.7. The van der Waals surface area contributed by atoms with Gasteiger partial charge in [0.15, 0.2) is 5.69 Å². The van der Waals surface area contributed by atoms with Crippen LogP contribution in [-0.2, 0) is 12.8 Å². The van der Waals surface area contributed by atoms with E-state index in [1.165, 1.54) is 31.0 Å². The van der Waals surface area contributed by atoms with Crippen molar-refractivity contribution in [2.45, 2.75) is 95.1 Å². The van der Waals surface area contributed by atoms with Gasteiger partial charge in [-0.3, -0.25) is 9.48 Å². The summed E-state index contributed by atoms with van der Waals surface area (Å²) in [6, 6.07) is 7.72. The van der Waals surface area contributed by atoms with Gasteiger partial charge in [-0.25, -0.2) is 4.39 Å². The first-order valence-electron chi connectivity index (χ1n) is 11.9. The largest absolute Gasteiger partial charge is 0.348 e. The van der Waals surface area contributed by atoms with E-state index in [0.717, 1.165) is 68.9 Å². The second-order valence-corrected chi connectivity index (χ2v) is 9.47. The summed E-state index contributed by atoms with van der Waals surface area (Å²) < 4.78 is 16.1. The lowest BCUT2D eigenvalue weighted by molar-refractivity contribution is 0.0943. The van der Waals surface area contributed by atoms with Crippen molar-refractivity contribution in [3.8, 4) is 0 Å². The van der Waals surface area contributed by atoms with Crippen molar-refractivity contribution < 1.29 is 9.18 Å². The van der Waals surface area contributed by atoms with E-state index in [2.05, 4.69) is 10.00 Å². The van der Waals surface area contributed by atoms with E-state index in [0.29, 0.717) is 23.7 Å². The van der Waals surface area contributed by atoms with Crippen LogP contribution in [0, 0.1) is 5.82 Å². The van der Waals surface area contributed by atoms with Crippen molar-refractivity contribution in [1.82, 2.24) is 15.1 Å². The first-order chi connectivity index (χ1) is 14.7. The van der Waals surface area contributed by atoms with Gasteiger partial charge in [0.1, 0.15) is 5.82 Å². The van der Waals surface area contributed by atoms with Crippen molar-refractivity contribution in [2.24, 2.45) is 0 Å². The van der Waals surface area contributed by atoms with Crippen LogP contribution in [0.3, 0.4) is 0 Å². The van der Waals surface area contributed by atoms with Crippen LogP contribution < -0.4 is 5.32 Å². The number of nitrogens with one attached hydrogen (secondary N) is 1. The van der Waals surface area contributed by atoms with Gasteiger partial charge in [-0.15, -0.1) is 0 Å². The predicted octanol–water partition coefficient (Wildman–Crippen LogP) is 5.47. The van der Waals surface area contributed by atoms with Crippen LogP contribution in [0.25, 0.3) is 0 Å². The average molecular weight is 410 g/mol. The molecule has 0 spiro atoms. The summed E-state index contributed by atoms with van der Waals surface area (Å²) in [4.78, 5) is 13.0. The Hall–Kier alpha value is -2.17. The highest BCUT2D eigenvalue weighted by Crippen LogP contribution is 2.39. The quantitative estimate of drug-likeness (QED) is 0.666. The van der Waals surface area contributed by atoms with E-state index in [1.54, 1.807) is 12.1 Å². The SMILES string of the molecule is O=C(NC1CC1)c1nn(C2CCCCC2)c2c1CCCCC2Cc1cccc(F)c1.